The highest BCUT2D eigenvalue weighted by atomic mass is 16.1. The maximum absolute atomic E-state index is 12.2. The van der Waals surface area contributed by atoms with Crippen LogP contribution in [0.3, 0.4) is 0 Å². The van der Waals surface area contributed by atoms with E-state index < -0.39 is 0 Å². The number of hydrogen-bond acceptors (Lipinski definition) is 2. The predicted molar refractivity (Wildman–Crippen MR) is 91.7 cm³/mol. The molecule has 1 aliphatic rings. The summed E-state index contributed by atoms with van der Waals surface area (Å²) in [5.74, 6) is 0.567. The molecule has 0 amide bonds. The van der Waals surface area contributed by atoms with Gasteiger partial charge in [0.05, 0.1) is 0 Å². The highest BCUT2D eigenvalue weighted by Gasteiger charge is 2.13. The van der Waals surface area contributed by atoms with Gasteiger partial charge < -0.3 is 9.88 Å². The van der Waals surface area contributed by atoms with Gasteiger partial charge in [0.2, 0.25) is 0 Å². The molecule has 1 atom stereocenters. The number of piperidine rings is 1. The molecule has 2 aromatic rings. The van der Waals surface area contributed by atoms with Crippen LogP contribution in [0.25, 0.3) is 12.2 Å². The standard InChI is InChI=1S/C19H22N2O/c22-19-13-17(9-8-16-5-2-1-3-6-16)10-12-21(19)15-18-7-4-11-20-14-18/h1-3,5-6,8-10,12-13,18,20H,4,7,11,14-15H2/b9-8+. The highest BCUT2D eigenvalue weighted by molar-refractivity contribution is 5.69. The van der Waals surface area contributed by atoms with Gasteiger partial charge in [0.15, 0.2) is 0 Å². The average Bonchev–Trinajstić information content (AvgIpc) is 2.57. The zero-order chi connectivity index (χ0) is 15.2. The van der Waals surface area contributed by atoms with Gasteiger partial charge in [-0.3, -0.25) is 4.79 Å². The minimum atomic E-state index is 0.0841. The number of benzene rings is 1. The summed E-state index contributed by atoms with van der Waals surface area (Å²) in [5.41, 5.74) is 2.17. The van der Waals surface area contributed by atoms with E-state index >= 15 is 0 Å². The fourth-order valence-electron chi connectivity index (χ4n) is 2.89. The fourth-order valence-corrected chi connectivity index (χ4v) is 2.89. The van der Waals surface area contributed by atoms with Crippen LogP contribution in [0.1, 0.15) is 24.0 Å². The van der Waals surface area contributed by atoms with E-state index in [1.165, 1.54) is 12.8 Å². The van der Waals surface area contributed by atoms with Crippen LogP contribution in [-0.2, 0) is 6.54 Å². The molecule has 22 heavy (non-hydrogen) atoms. The van der Waals surface area contributed by atoms with E-state index in [0.717, 1.165) is 30.8 Å². The molecular weight excluding hydrogens is 272 g/mol. The van der Waals surface area contributed by atoms with Gasteiger partial charge in [0.25, 0.3) is 5.56 Å². The SMILES string of the molecule is O=c1cc(/C=C/c2ccccc2)ccn1CC1CCCNC1. The largest absolute Gasteiger partial charge is 0.316 e. The molecule has 114 valence electrons. The molecule has 1 unspecified atom stereocenters. The first-order chi connectivity index (χ1) is 10.8. The predicted octanol–water partition coefficient (Wildman–Crippen LogP) is 3.02. The summed E-state index contributed by atoms with van der Waals surface area (Å²) < 4.78 is 1.83. The first-order valence-corrected chi connectivity index (χ1v) is 7.95. The van der Waals surface area contributed by atoms with Gasteiger partial charge in [0, 0.05) is 18.8 Å². The molecule has 1 aromatic heterocycles. The second-order valence-corrected chi connectivity index (χ2v) is 5.91. The lowest BCUT2D eigenvalue weighted by molar-refractivity contribution is 0.334. The second-order valence-electron chi connectivity index (χ2n) is 5.91. The zero-order valence-electron chi connectivity index (χ0n) is 12.7. The Morgan fingerprint density at radius 1 is 1.14 bits per heavy atom. The van der Waals surface area contributed by atoms with Crippen molar-refractivity contribution in [2.24, 2.45) is 5.92 Å². The lowest BCUT2D eigenvalue weighted by Gasteiger charge is -2.23. The summed E-state index contributed by atoms with van der Waals surface area (Å²) in [6.07, 6.45) is 8.35. The molecule has 3 heteroatoms. The molecule has 3 rings (SSSR count). The van der Waals surface area contributed by atoms with Crippen LogP contribution < -0.4 is 10.9 Å². The van der Waals surface area contributed by atoms with E-state index in [0.29, 0.717) is 5.92 Å². The van der Waals surface area contributed by atoms with Crippen LogP contribution >= 0.6 is 0 Å². The maximum atomic E-state index is 12.2. The molecule has 0 aliphatic carbocycles. The van der Waals surface area contributed by atoms with Crippen molar-refractivity contribution >= 4 is 12.2 Å². The summed E-state index contributed by atoms with van der Waals surface area (Å²) in [7, 11) is 0. The van der Waals surface area contributed by atoms with E-state index in [4.69, 9.17) is 0 Å². The quantitative estimate of drug-likeness (QED) is 0.940. The van der Waals surface area contributed by atoms with Gasteiger partial charge in [-0.25, -0.2) is 0 Å². The van der Waals surface area contributed by atoms with Crippen LogP contribution in [0, 0.1) is 5.92 Å². The smallest absolute Gasteiger partial charge is 0.251 e. The van der Waals surface area contributed by atoms with Crippen LogP contribution in [0.15, 0.2) is 53.5 Å². The third-order valence-corrected chi connectivity index (χ3v) is 4.14. The number of pyridine rings is 1. The van der Waals surface area contributed by atoms with Crippen molar-refractivity contribution in [2.45, 2.75) is 19.4 Å². The molecule has 1 aliphatic heterocycles. The Morgan fingerprint density at radius 2 is 1.95 bits per heavy atom. The molecule has 0 radical (unpaired) electrons. The molecular formula is C19H22N2O. The summed E-state index contributed by atoms with van der Waals surface area (Å²) >= 11 is 0. The maximum Gasteiger partial charge on any atom is 0.251 e. The monoisotopic (exact) mass is 294 g/mol. The summed E-state index contributed by atoms with van der Waals surface area (Å²) in [6, 6.07) is 13.8. The van der Waals surface area contributed by atoms with E-state index in [2.05, 4.69) is 5.32 Å². The molecule has 1 aromatic carbocycles. The van der Waals surface area contributed by atoms with Crippen molar-refractivity contribution in [3.8, 4) is 0 Å². The minimum Gasteiger partial charge on any atom is -0.316 e. The Morgan fingerprint density at radius 3 is 2.68 bits per heavy atom. The number of nitrogens with zero attached hydrogens (tertiary/aromatic N) is 1. The molecule has 1 fully saturated rings. The van der Waals surface area contributed by atoms with Gasteiger partial charge in [-0.2, -0.15) is 0 Å². The van der Waals surface area contributed by atoms with Crippen LogP contribution in [-0.4, -0.2) is 17.7 Å². The molecule has 0 spiro atoms. The zero-order valence-corrected chi connectivity index (χ0v) is 12.7. The molecule has 2 heterocycles. The van der Waals surface area contributed by atoms with Crippen LogP contribution in [0.5, 0.6) is 0 Å². The lowest BCUT2D eigenvalue weighted by Crippen LogP contribution is -2.34. The second kappa shape index (κ2) is 7.23. The highest BCUT2D eigenvalue weighted by Crippen LogP contribution is 2.12. The van der Waals surface area contributed by atoms with Crippen molar-refractivity contribution in [3.63, 3.8) is 0 Å². The lowest BCUT2D eigenvalue weighted by atomic mass is 9.99. The van der Waals surface area contributed by atoms with Gasteiger partial charge in [-0.1, -0.05) is 42.5 Å². The number of rotatable bonds is 4. The van der Waals surface area contributed by atoms with E-state index in [1.54, 1.807) is 6.07 Å². The number of nitrogens with one attached hydrogen (secondary N) is 1. The Balaban J connectivity index is 1.69. The Hall–Kier alpha value is -2.13. The van der Waals surface area contributed by atoms with Crippen molar-refractivity contribution in [3.05, 3.63) is 70.1 Å². The molecule has 1 N–H and O–H groups in total. The van der Waals surface area contributed by atoms with Gasteiger partial charge in [-0.15, -0.1) is 0 Å². The fraction of sp³-hybridized carbons (Fsp3) is 0.316. The van der Waals surface area contributed by atoms with Crippen molar-refractivity contribution in [1.29, 1.82) is 0 Å². The first kappa shape index (κ1) is 14.8. The third kappa shape index (κ3) is 3.95. The molecule has 1 saturated heterocycles. The van der Waals surface area contributed by atoms with E-state index in [1.807, 2.05) is 59.3 Å². The Bertz CT molecular complexity index is 682. The topological polar surface area (TPSA) is 34.0 Å². The molecule has 3 nitrogen and oxygen atoms in total. The van der Waals surface area contributed by atoms with Crippen LogP contribution in [0.2, 0.25) is 0 Å². The molecule has 0 saturated carbocycles. The van der Waals surface area contributed by atoms with E-state index in [-0.39, 0.29) is 5.56 Å². The first-order valence-electron chi connectivity index (χ1n) is 7.95. The Kier molecular flexibility index (Phi) is 4.86. The summed E-state index contributed by atoms with van der Waals surface area (Å²) in [4.78, 5) is 12.2. The average molecular weight is 294 g/mol. The summed E-state index contributed by atoms with van der Waals surface area (Å²) in [5, 5.41) is 3.40. The normalized spacial score (nSPS) is 18.6. The van der Waals surface area contributed by atoms with Gasteiger partial charge >= 0.3 is 0 Å². The minimum absolute atomic E-state index is 0.0841. The number of aromatic nitrogens is 1. The molecule has 0 bridgehead atoms. The van der Waals surface area contributed by atoms with Crippen molar-refractivity contribution in [1.82, 2.24) is 9.88 Å². The van der Waals surface area contributed by atoms with Crippen LogP contribution in [0.4, 0.5) is 0 Å². The Labute approximate surface area is 131 Å². The van der Waals surface area contributed by atoms with E-state index in [9.17, 15) is 4.79 Å². The van der Waals surface area contributed by atoms with Crippen molar-refractivity contribution < 1.29 is 0 Å². The third-order valence-electron chi connectivity index (χ3n) is 4.14. The summed E-state index contributed by atoms with van der Waals surface area (Å²) in [6.45, 7) is 2.94. The van der Waals surface area contributed by atoms with Gasteiger partial charge in [-0.05, 0) is 49.0 Å². The number of hydrogen-bond donors (Lipinski definition) is 1. The van der Waals surface area contributed by atoms with Gasteiger partial charge in [0.1, 0.15) is 0 Å². The van der Waals surface area contributed by atoms with Crippen molar-refractivity contribution in [2.75, 3.05) is 13.1 Å².